The Bertz CT molecular complexity index is 844. The Hall–Kier alpha value is -1.91. The Balaban J connectivity index is 0.00000225. The first-order valence-corrected chi connectivity index (χ1v) is 8.06. The Morgan fingerprint density at radius 3 is 2.44 bits per heavy atom. The zero-order valence-electron chi connectivity index (χ0n) is 15.2. The van der Waals surface area contributed by atoms with Crippen LogP contribution in [0.5, 0.6) is 0 Å². The molecule has 0 aliphatic heterocycles. The molecule has 0 spiro atoms. The second-order valence-corrected chi connectivity index (χ2v) is 7.30. The van der Waals surface area contributed by atoms with Gasteiger partial charge >= 0.3 is 0 Å². The normalized spacial score (nSPS) is 11.2. The molecule has 133 valence electrons. The van der Waals surface area contributed by atoms with E-state index in [9.17, 15) is 0 Å². The van der Waals surface area contributed by atoms with E-state index in [1.807, 2.05) is 10.7 Å². The van der Waals surface area contributed by atoms with Crippen molar-refractivity contribution in [1.29, 1.82) is 0 Å². The SMILES string of the molecule is Cc1cccc(C)c1-c1ncc[c-]c1-c1nnnn1CC(C)(C)C.[Ir]. The van der Waals surface area contributed by atoms with Crippen LogP contribution in [0, 0.1) is 25.3 Å². The third-order valence-corrected chi connectivity index (χ3v) is 3.84. The Morgan fingerprint density at radius 1 is 1.12 bits per heavy atom. The molecule has 2 heterocycles. The molecule has 2 aromatic heterocycles. The van der Waals surface area contributed by atoms with E-state index in [-0.39, 0.29) is 25.5 Å². The van der Waals surface area contributed by atoms with E-state index in [2.05, 4.69) is 79.4 Å². The van der Waals surface area contributed by atoms with Crippen molar-refractivity contribution >= 4 is 0 Å². The van der Waals surface area contributed by atoms with Crippen molar-refractivity contribution in [2.75, 3.05) is 0 Å². The van der Waals surface area contributed by atoms with Gasteiger partial charge in [0, 0.05) is 26.7 Å². The first-order chi connectivity index (χ1) is 11.4. The van der Waals surface area contributed by atoms with E-state index in [1.54, 1.807) is 6.20 Å². The fourth-order valence-corrected chi connectivity index (χ4v) is 2.85. The fourth-order valence-electron chi connectivity index (χ4n) is 2.85. The maximum atomic E-state index is 4.62. The van der Waals surface area contributed by atoms with Gasteiger partial charge in [0.25, 0.3) is 0 Å². The summed E-state index contributed by atoms with van der Waals surface area (Å²) >= 11 is 0. The summed E-state index contributed by atoms with van der Waals surface area (Å²) in [5.74, 6) is 0.704. The minimum absolute atomic E-state index is 0. The zero-order valence-corrected chi connectivity index (χ0v) is 17.6. The van der Waals surface area contributed by atoms with E-state index in [0.29, 0.717) is 5.82 Å². The van der Waals surface area contributed by atoms with Gasteiger partial charge < -0.3 is 4.98 Å². The summed E-state index contributed by atoms with van der Waals surface area (Å²) in [6, 6.07) is 11.4. The molecule has 0 saturated carbocycles. The summed E-state index contributed by atoms with van der Waals surface area (Å²) < 4.78 is 1.84. The quantitative estimate of drug-likeness (QED) is 0.500. The molecular weight excluding hydrogens is 490 g/mol. The number of benzene rings is 1. The van der Waals surface area contributed by atoms with E-state index in [1.165, 1.54) is 11.1 Å². The molecule has 0 N–H and O–H groups in total. The molecule has 0 amide bonds. The van der Waals surface area contributed by atoms with Gasteiger partial charge in [0.05, 0.1) is 0 Å². The number of tetrazole rings is 1. The van der Waals surface area contributed by atoms with E-state index in [0.717, 1.165) is 23.4 Å². The number of aromatic nitrogens is 5. The molecule has 0 aliphatic rings. The molecule has 25 heavy (non-hydrogen) atoms. The molecule has 1 aromatic carbocycles. The van der Waals surface area contributed by atoms with Gasteiger partial charge in [-0.1, -0.05) is 67.1 Å². The number of rotatable bonds is 3. The van der Waals surface area contributed by atoms with Crippen LogP contribution in [-0.2, 0) is 26.7 Å². The Morgan fingerprint density at radius 2 is 1.80 bits per heavy atom. The molecule has 0 unspecified atom stereocenters. The molecule has 6 heteroatoms. The monoisotopic (exact) mass is 513 g/mol. The van der Waals surface area contributed by atoms with Crippen molar-refractivity contribution in [1.82, 2.24) is 25.2 Å². The first-order valence-electron chi connectivity index (χ1n) is 8.06. The van der Waals surface area contributed by atoms with E-state index in [4.69, 9.17) is 0 Å². The molecule has 0 bridgehead atoms. The van der Waals surface area contributed by atoms with Gasteiger partial charge in [-0.15, -0.1) is 12.1 Å². The second-order valence-electron chi connectivity index (χ2n) is 7.30. The summed E-state index contributed by atoms with van der Waals surface area (Å²) in [5.41, 5.74) is 5.26. The van der Waals surface area contributed by atoms with Gasteiger partial charge in [-0.3, -0.25) is 4.68 Å². The molecule has 3 aromatic rings. The summed E-state index contributed by atoms with van der Waals surface area (Å²) in [4.78, 5) is 4.62. The summed E-state index contributed by atoms with van der Waals surface area (Å²) in [6.45, 7) is 11.4. The summed E-state index contributed by atoms with van der Waals surface area (Å²) in [5, 5.41) is 12.3. The predicted molar refractivity (Wildman–Crippen MR) is 94.2 cm³/mol. The first kappa shape index (κ1) is 19.4. The van der Waals surface area contributed by atoms with E-state index < -0.39 is 0 Å². The molecule has 0 saturated heterocycles. The molecule has 0 aliphatic carbocycles. The molecule has 3 rings (SSSR count). The van der Waals surface area contributed by atoms with Crippen molar-refractivity contribution in [3.8, 4) is 22.6 Å². The van der Waals surface area contributed by atoms with Crippen LogP contribution in [0.2, 0.25) is 0 Å². The number of pyridine rings is 1. The van der Waals surface area contributed by atoms with Crippen LogP contribution in [0.3, 0.4) is 0 Å². The third kappa shape index (κ3) is 4.20. The summed E-state index contributed by atoms with van der Waals surface area (Å²) in [6.07, 6.45) is 1.77. The van der Waals surface area contributed by atoms with Crippen molar-refractivity contribution in [2.45, 2.75) is 41.2 Å². The topological polar surface area (TPSA) is 56.5 Å². The van der Waals surface area contributed by atoms with Crippen LogP contribution in [0.1, 0.15) is 31.9 Å². The zero-order chi connectivity index (χ0) is 17.3. The number of aryl methyl sites for hydroxylation is 2. The van der Waals surface area contributed by atoms with Crippen LogP contribution in [0.15, 0.2) is 30.5 Å². The number of nitrogens with zero attached hydrogens (tertiary/aromatic N) is 5. The molecule has 1 radical (unpaired) electrons. The van der Waals surface area contributed by atoms with Gasteiger partial charge in [0.1, 0.15) is 5.82 Å². The van der Waals surface area contributed by atoms with Gasteiger partial charge in [0.2, 0.25) is 0 Å². The summed E-state index contributed by atoms with van der Waals surface area (Å²) in [7, 11) is 0. The Kier molecular flexibility index (Phi) is 5.86. The van der Waals surface area contributed by atoms with Crippen molar-refractivity contribution in [3.63, 3.8) is 0 Å². The number of hydrogen-bond acceptors (Lipinski definition) is 4. The molecule has 0 atom stereocenters. The number of hydrogen-bond donors (Lipinski definition) is 0. The molecule has 5 nitrogen and oxygen atoms in total. The van der Waals surface area contributed by atoms with Crippen LogP contribution >= 0.6 is 0 Å². The minimum Gasteiger partial charge on any atom is -0.352 e. The van der Waals surface area contributed by atoms with Crippen molar-refractivity contribution in [3.05, 3.63) is 47.7 Å². The Labute approximate surface area is 162 Å². The average molecular weight is 513 g/mol. The van der Waals surface area contributed by atoms with Crippen molar-refractivity contribution < 1.29 is 20.1 Å². The maximum Gasteiger partial charge on any atom is 0.100 e. The van der Waals surface area contributed by atoms with Crippen LogP contribution in [-0.4, -0.2) is 25.2 Å². The fraction of sp³-hybridized carbons (Fsp3) is 0.368. The standard InChI is InChI=1S/C19H22N5.Ir/c1-13-8-6-9-14(2)16(13)17-15(10-7-11-20-17)18-21-22-23-24(18)12-19(3,4)5;/h6-9,11H,12H2,1-5H3;/q-1;. The molecule has 0 fully saturated rings. The maximum absolute atomic E-state index is 4.62. The van der Waals surface area contributed by atoms with Gasteiger partial charge in [-0.05, 0) is 35.7 Å². The minimum atomic E-state index is 0. The van der Waals surface area contributed by atoms with Crippen LogP contribution in [0.25, 0.3) is 22.6 Å². The van der Waals surface area contributed by atoms with Gasteiger partial charge in [-0.25, -0.2) is 0 Å². The molecular formula is C19H22IrN5-. The smallest absolute Gasteiger partial charge is 0.100 e. The predicted octanol–water partition coefficient (Wildman–Crippen LogP) is 3.86. The average Bonchev–Trinajstić information content (AvgIpc) is 2.93. The van der Waals surface area contributed by atoms with Gasteiger partial charge in [-0.2, -0.15) is 5.10 Å². The van der Waals surface area contributed by atoms with Crippen LogP contribution in [0.4, 0.5) is 0 Å². The third-order valence-electron chi connectivity index (χ3n) is 3.84. The second kappa shape index (κ2) is 7.54. The largest absolute Gasteiger partial charge is 0.352 e. The van der Waals surface area contributed by atoms with Crippen LogP contribution < -0.4 is 0 Å². The van der Waals surface area contributed by atoms with Crippen molar-refractivity contribution in [2.24, 2.45) is 5.41 Å². The van der Waals surface area contributed by atoms with E-state index >= 15 is 0 Å². The van der Waals surface area contributed by atoms with Gasteiger partial charge in [0.15, 0.2) is 0 Å².